The van der Waals surface area contributed by atoms with Gasteiger partial charge in [-0.3, -0.25) is 9.59 Å². The highest BCUT2D eigenvalue weighted by Crippen LogP contribution is 2.27. The van der Waals surface area contributed by atoms with Crippen LogP contribution in [0, 0.1) is 5.92 Å². The first-order valence-corrected chi connectivity index (χ1v) is 11.1. The zero-order chi connectivity index (χ0) is 21.1. The zero-order valence-corrected chi connectivity index (χ0v) is 18.2. The molecule has 2 amide bonds. The molecule has 4 rings (SSSR count). The summed E-state index contributed by atoms with van der Waals surface area (Å²) in [6.07, 6.45) is 2.50. The molecule has 2 unspecified atom stereocenters. The molecule has 1 N–H and O–H groups in total. The molecule has 0 saturated carbocycles. The number of anilines is 1. The lowest BCUT2D eigenvalue weighted by Crippen LogP contribution is -2.47. The van der Waals surface area contributed by atoms with Crippen molar-refractivity contribution in [2.45, 2.75) is 25.3 Å². The highest BCUT2D eigenvalue weighted by Gasteiger charge is 2.35. The number of carbonyl (C=O) groups excluding carboxylic acids is 2. The maximum absolute atomic E-state index is 13.0. The Morgan fingerprint density at radius 2 is 1.83 bits per heavy atom. The molecule has 5 nitrogen and oxygen atoms in total. The quantitative estimate of drug-likeness (QED) is 0.748. The molecule has 0 bridgehead atoms. The molecular weight excluding hydrogens is 421 g/mol. The third kappa shape index (κ3) is 4.57. The van der Waals surface area contributed by atoms with E-state index in [0.717, 1.165) is 25.9 Å². The second-order valence-corrected chi connectivity index (χ2v) is 8.81. The van der Waals surface area contributed by atoms with Crippen molar-refractivity contribution < 1.29 is 9.59 Å². The van der Waals surface area contributed by atoms with Gasteiger partial charge in [-0.2, -0.15) is 0 Å². The monoisotopic (exact) mass is 445 g/mol. The maximum atomic E-state index is 13.0. The van der Waals surface area contributed by atoms with Crippen LogP contribution in [0.1, 0.15) is 29.6 Å². The molecular formula is C23H25Cl2N3O2. The minimum absolute atomic E-state index is 0.0860. The van der Waals surface area contributed by atoms with Crippen LogP contribution >= 0.6 is 23.2 Å². The molecule has 2 saturated heterocycles. The van der Waals surface area contributed by atoms with E-state index in [0.29, 0.717) is 41.0 Å². The number of para-hydroxylation sites is 1. The van der Waals surface area contributed by atoms with Crippen LogP contribution in [0.25, 0.3) is 0 Å². The number of amides is 2. The van der Waals surface area contributed by atoms with Crippen molar-refractivity contribution in [2.24, 2.45) is 5.92 Å². The zero-order valence-electron chi connectivity index (χ0n) is 16.7. The van der Waals surface area contributed by atoms with E-state index in [9.17, 15) is 9.59 Å². The van der Waals surface area contributed by atoms with Crippen LogP contribution in [0.4, 0.5) is 5.69 Å². The molecule has 0 aromatic heterocycles. The minimum Gasteiger partial charge on any atom is -0.371 e. The first kappa shape index (κ1) is 21.0. The van der Waals surface area contributed by atoms with Gasteiger partial charge in [0.05, 0.1) is 10.6 Å². The second kappa shape index (κ2) is 9.27. The topological polar surface area (TPSA) is 52.7 Å². The molecule has 7 heteroatoms. The van der Waals surface area contributed by atoms with Crippen LogP contribution in [-0.2, 0) is 4.79 Å². The molecule has 30 heavy (non-hydrogen) atoms. The number of nitrogens with zero attached hydrogens (tertiary/aromatic N) is 2. The Balaban J connectivity index is 1.34. The predicted molar refractivity (Wildman–Crippen MR) is 120 cm³/mol. The summed E-state index contributed by atoms with van der Waals surface area (Å²) in [4.78, 5) is 29.8. The number of likely N-dealkylation sites (tertiary alicyclic amines) is 1. The van der Waals surface area contributed by atoms with Crippen molar-refractivity contribution in [3.63, 3.8) is 0 Å². The fraction of sp³-hybridized carbons (Fsp3) is 0.391. The Morgan fingerprint density at radius 3 is 2.63 bits per heavy atom. The van der Waals surface area contributed by atoms with Gasteiger partial charge in [-0.05, 0) is 55.5 Å². The number of nitrogens with one attached hydrogen (secondary N) is 1. The second-order valence-electron chi connectivity index (χ2n) is 7.96. The molecule has 0 spiro atoms. The van der Waals surface area contributed by atoms with Gasteiger partial charge >= 0.3 is 0 Å². The van der Waals surface area contributed by atoms with Gasteiger partial charge < -0.3 is 15.1 Å². The average Bonchev–Trinajstić information content (AvgIpc) is 3.44. The smallest absolute Gasteiger partial charge is 0.256 e. The van der Waals surface area contributed by atoms with E-state index in [1.165, 1.54) is 5.69 Å². The lowest BCUT2D eigenvalue weighted by Gasteiger charge is -2.25. The molecule has 2 heterocycles. The van der Waals surface area contributed by atoms with Crippen LogP contribution in [-0.4, -0.2) is 48.9 Å². The number of benzene rings is 2. The Bertz CT molecular complexity index is 922. The van der Waals surface area contributed by atoms with Crippen LogP contribution in [0.5, 0.6) is 0 Å². The lowest BCUT2D eigenvalue weighted by molar-refractivity contribution is -0.125. The maximum Gasteiger partial charge on any atom is 0.256 e. The summed E-state index contributed by atoms with van der Waals surface area (Å²) in [7, 11) is 0. The van der Waals surface area contributed by atoms with E-state index in [1.54, 1.807) is 23.1 Å². The van der Waals surface area contributed by atoms with Crippen LogP contribution < -0.4 is 10.2 Å². The number of hydrogen-bond acceptors (Lipinski definition) is 3. The number of carbonyl (C=O) groups is 2. The van der Waals surface area contributed by atoms with E-state index in [-0.39, 0.29) is 11.8 Å². The molecule has 2 aromatic carbocycles. The van der Waals surface area contributed by atoms with Gasteiger partial charge in [0, 0.05) is 36.9 Å². The fourth-order valence-corrected chi connectivity index (χ4v) is 4.70. The lowest BCUT2D eigenvalue weighted by atomic mass is 10.1. The van der Waals surface area contributed by atoms with Crippen molar-refractivity contribution in [1.82, 2.24) is 10.2 Å². The Kier molecular flexibility index (Phi) is 6.49. The highest BCUT2D eigenvalue weighted by molar-refractivity contribution is 6.35. The molecule has 2 aromatic rings. The number of rotatable bonds is 5. The Labute approximate surface area is 186 Å². The van der Waals surface area contributed by atoms with Gasteiger partial charge in [-0.1, -0.05) is 41.4 Å². The van der Waals surface area contributed by atoms with Gasteiger partial charge in [-0.25, -0.2) is 0 Å². The number of hydrogen-bond donors (Lipinski definition) is 1. The van der Waals surface area contributed by atoms with Crippen molar-refractivity contribution >= 4 is 40.7 Å². The third-order valence-corrected chi connectivity index (χ3v) is 6.51. The summed E-state index contributed by atoms with van der Waals surface area (Å²) < 4.78 is 0. The molecule has 0 radical (unpaired) electrons. The van der Waals surface area contributed by atoms with Crippen LogP contribution in [0.3, 0.4) is 0 Å². The van der Waals surface area contributed by atoms with Crippen molar-refractivity contribution in [3.8, 4) is 0 Å². The molecule has 0 aliphatic carbocycles. The van der Waals surface area contributed by atoms with Crippen molar-refractivity contribution in [3.05, 3.63) is 64.1 Å². The number of halogens is 2. The average molecular weight is 446 g/mol. The van der Waals surface area contributed by atoms with Crippen molar-refractivity contribution in [2.75, 3.05) is 31.1 Å². The van der Waals surface area contributed by atoms with Gasteiger partial charge in [-0.15, -0.1) is 0 Å². The van der Waals surface area contributed by atoms with E-state index < -0.39 is 6.04 Å². The van der Waals surface area contributed by atoms with E-state index in [2.05, 4.69) is 22.3 Å². The first-order chi connectivity index (χ1) is 14.5. The third-order valence-electron chi connectivity index (χ3n) is 5.95. The standard InChI is InChI=1S/C23H25Cl2N3O2/c24-17-8-9-20(25)19(13-17)23(30)28-11-4-7-21(28)22(29)26-14-16-10-12-27(15-16)18-5-2-1-3-6-18/h1-3,5-6,8-9,13,16,21H,4,7,10-12,14-15H2,(H,26,29). The molecule has 2 atom stereocenters. The molecule has 2 fully saturated rings. The van der Waals surface area contributed by atoms with Gasteiger partial charge in [0.25, 0.3) is 5.91 Å². The van der Waals surface area contributed by atoms with E-state index in [1.807, 2.05) is 18.2 Å². The van der Waals surface area contributed by atoms with Crippen LogP contribution in [0.15, 0.2) is 48.5 Å². The molecule has 158 valence electrons. The summed E-state index contributed by atoms with van der Waals surface area (Å²) in [6.45, 7) is 3.09. The first-order valence-electron chi connectivity index (χ1n) is 10.4. The van der Waals surface area contributed by atoms with E-state index in [4.69, 9.17) is 23.2 Å². The summed E-state index contributed by atoms with van der Waals surface area (Å²) in [5.41, 5.74) is 1.57. The Hall–Kier alpha value is -2.24. The fourth-order valence-electron chi connectivity index (χ4n) is 4.33. The van der Waals surface area contributed by atoms with Crippen molar-refractivity contribution in [1.29, 1.82) is 0 Å². The summed E-state index contributed by atoms with van der Waals surface area (Å²) in [5, 5.41) is 3.88. The molecule has 2 aliphatic rings. The van der Waals surface area contributed by atoms with Gasteiger partial charge in [0.1, 0.15) is 6.04 Å². The minimum atomic E-state index is -0.459. The Morgan fingerprint density at radius 1 is 1.03 bits per heavy atom. The van der Waals surface area contributed by atoms with Gasteiger partial charge in [0.2, 0.25) is 5.91 Å². The SMILES string of the molecule is O=C(NCC1CCN(c2ccccc2)C1)C1CCCN1C(=O)c1cc(Cl)ccc1Cl. The normalized spacial score (nSPS) is 21.1. The largest absolute Gasteiger partial charge is 0.371 e. The van der Waals surface area contributed by atoms with Crippen LogP contribution in [0.2, 0.25) is 10.0 Å². The summed E-state index contributed by atoms with van der Waals surface area (Å²) in [6, 6.07) is 14.7. The van der Waals surface area contributed by atoms with E-state index >= 15 is 0 Å². The summed E-state index contributed by atoms with van der Waals surface area (Å²) in [5.74, 6) is 0.0792. The predicted octanol–water partition coefficient (Wildman–Crippen LogP) is 4.24. The molecule has 2 aliphatic heterocycles. The van der Waals surface area contributed by atoms with Gasteiger partial charge in [0.15, 0.2) is 0 Å². The highest BCUT2D eigenvalue weighted by atomic mass is 35.5. The summed E-state index contributed by atoms with van der Waals surface area (Å²) >= 11 is 12.2.